The summed E-state index contributed by atoms with van der Waals surface area (Å²) in [4.78, 5) is 0. The van der Waals surface area contributed by atoms with Crippen LogP contribution in [0.25, 0.3) is 5.76 Å². The Hall–Kier alpha value is -2.42. The molecule has 0 aliphatic heterocycles. The van der Waals surface area contributed by atoms with Crippen LogP contribution in [0.4, 0.5) is 0 Å². The Bertz CT molecular complexity index is 675. The first-order valence-electron chi connectivity index (χ1n) is 7.44. The van der Waals surface area contributed by atoms with Gasteiger partial charge in [0.25, 0.3) is 0 Å². The molecule has 0 N–H and O–H groups in total. The Morgan fingerprint density at radius 2 is 1.77 bits per heavy atom. The lowest BCUT2D eigenvalue weighted by Gasteiger charge is -2.22. The normalized spacial score (nSPS) is 13.1. The first-order chi connectivity index (χ1) is 10.8. The van der Waals surface area contributed by atoms with Gasteiger partial charge in [0.1, 0.15) is 12.4 Å². The fourth-order valence-electron chi connectivity index (χ4n) is 2.80. The highest BCUT2D eigenvalue weighted by atomic mass is 16.5. The van der Waals surface area contributed by atoms with Gasteiger partial charge in [0.2, 0.25) is 0 Å². The van der Waals surface area contributed by atoms with E-state index in [1.54, 1.807) is 14.2 Å². The molecule has 3 rings (SSSR count). The van der Waals surface area contributed by atoms with Crippen LogP contribution in [0, 0.1) is 0 Å². The molecule has 0 atom stereocenters. The maximum absolute atomic E-state index is 6.03. The zero-order chi connectivity index (χ0) is 15.4. The summed E-state index contributed by atoms with van der Waals surface area (Å²) in [7, 11) is 3.34. The SMILES string of the molecule is COc1ccc2c(c1OC)CCC=C2OCc1ccccc1. The molecule has 0 fully saturated rings. The van der Waals surface area contributed by atoms with E-state index < -0.39 is 0 Å². The van der Waals surface area contributed by atoms with Crippen LogP contribution in [-0.4, -0.2) is 14.2 Å². The van der Waals surface area contributed by atoms with Crippen molar-refractivity contribution in [2.75, 3.05) is 14.2 Å². The summed E-state index contributed by atoms with van der Waals surface area (Å²) in [5, 5.41) is 0. The van der Waals surface area contributed by atoms with Crippen molar-refractivity contribution in [2.45, 2.75) is 19.4 Å². The molecule has 1 aliphatic rings. The zero-order valence-corrected chi connectivity index (χ0v) is 13.0. The molecule has 0 amide bonds. The molecule has 22 heavy (non-hydrogen) atoms. The molecule has 1 aliphatic carbocycles. The molecule has 3 heteroatoms. The predicted molar refractivity (Wildman–Crippen MR) is 87.1 cm³/mol. The van der Waals surface area contributed by atoms with E-state index in [1.807, 2.05) is 30.3 Å². The van der Waals surface area contributed by atoms with Gasteiger partial charge in [-0.05, 0) is 36.6 Å². The summed E-state index contributed by atoms with van der Waals surface area (Å²) in [5.74, 6) is 2.51. The second-order valence-electron chi connectivity index (χ2n) is 5.21. The maximum atomic E-state index is 6.03. The van der Waals surface area contributed by atoms with Gasteiger partial charge < -0.3 is 14.2 Å². The number of rotatable bonds is 5. The maximum Gasteiger partial charge on any atom is 0.164 e. The summed E-state index contributed by atoms with van der Waals surface area (Å²) >= 11 is 0. The van der Waals surface area contributed by atoms with Gasteiger partial charge in [-0.3, -0.25) is 0 Å². The van der Waals surface area contributed by atoms with Crippen molar-refractivity contribution in [2.24, 2.45) is 0 Å². The molecule has 2 aromatic rings. The number of benzene rings is 2. The standard InChI is InChI=1S/C19H20O3/c1-20-18-12-11-15-16(19(18)21-2)9-6-10-17(15)22-13-14-7-4-3-5-8-14/h3-5,7-8,10-12H,6,9,13H2,1-2H3. The van der Waals surface area contributed by atoms with Gasteiger partial charge in [-0.2, -0.15) is 0 Å². The zero-order valence-electron chi connectivity index (χ0n) is 13.0. The van der Waals surface area contributed by atoms with E-state index in [0.29, 0.717) is 6.61 Å². The number of fused-ring (bicyclic) bond motifs is 1. The molecule has 0 saturated carbocycles. The van der Waals surface area contributed by atoms with Gasteiger partial charge in [0.15, 0.2) is 11.5 Å². The average Bonchev–Trinajstić information content (AvgIpc) is 2.59. The van der Waals surface area contributed by atoms with E-state index in [-0.39, 0.29) is 0 Å². The molecule has 0 bridgehead atoms. The highest BCUT2D eigenvalue weighted by Gasteiger charge is 2.20. The van der Waals surface area contributed by atoms with Crippen molar-refractivity contribution in [1.29, 1.82) is 0 Å². The molecular weight excluding hydrogens is 276 g/mol. The summed E-state index contributed by atoms with van der Waals surface area (Å²) in [6.45, 7) is 0.570. The molecule has 0 aromatic heterocycles. The molecule has 0 radical (unpaired) electrons. The molecule has 0 unspecified atom stereocenters. The lowest BCUT2D eigenvalue weighted by molar-refractivity contribution is 0.261. The van der Waals surface area contributed by atoms with Crippen molar-refractivity contribution in [3.8, 4) is 11.5 Å². The fraction of sp³-hybridized carbons (Fsp3) is 0.263. The molecule has 0 spiro atoms. The first-order valence-corrected chi connectivity index (χ1v) is 7.44. The van der Waals surface area contributed by atoms with Crippen molar-refractivity contribution < 1.29 is 14.2 Å². The van der Waals surface area contributed by atoms with E-state index in [1.165, 1.54) is 0 Å². The Morgan fingerprint density at radius 1 is 0.955 bits per heavy atom. The predicted octanol–water partition coefficient (Wildman–Crippen LogP) is 4.21. The highest BCUT2D eigenvalue weighted by Crippen LogP contribution is 2.39. The lowest BCUT2D eigenvalue weighted by atomic mass is 9.94. The van der Waals surface area contributed by atoms with E-state index in [9.17, 15) is 0 Å². The third kappa shape index (κ3) is 2.80. The van der Waals surface area contributed by atoms with E-state index >= 15 is 0 Å². The molecule has 0 saturated heterocycles. The average molecular weight is 296 g/mol. The van der Waals surface area contributed by atoms with Gasteiger partial charge in [0, 0.05) is 11.1 Å². The molecule has 114 valence electrons. The Kier molecular flexibility index (Phi) is 4.33. The quantitative estimate of drug-likeness (QED) is 0.827. The van der Waals surface area contributed by atoms with Crippen molar-refractivity contribution >= 4 is 5.76 Å². The van der Waals surface area contributed by atoms with E-state index in [4.69, 9.17) is 14.2 Å². The van der Waals surface area contributed by atoms with Gasteiger partial charge >= 0.3 is 0 Å². The highest BCUT2D eigenvalue weighted by molar-refractivity contribution is 5.70. The van der Waals surface area contributed by atoms with Crippen molar-refractivity contribution in [3.05, 3.63) is 65.2 Å². The molecular formula is C19H20O3. The molecule has 2 aromatic carbocycles. The number of ether oxygens (including phenoxy) is 3. The van der Waals surface area contributed by atoms with Crippen LogP contribution in [0.1, 0.15) is 23.1 Å². The van der Waals surface area contributed by atoms with Crippen LogP contribution < -0.4 is 9.47 Å². The molecule has 3 nitrogen and oxygen atoms in total. The van der Waals surface area contributed by atoms with Crippen LogP contribution in [-0.2, 0) is 17.8 Å². The summed E-state index contributed by atoms with van der Waals surface area (Å²) in [6.07, 6.45) is 4.03. The monoisotopic (exact) mass is 296 g/mol. The van der Waals surface area contributed by atoms with E-state index in [0.717, 1.165) is 46.8 Å². The second kappa shape index (κ2) is 6.56. The first kappa shape index (κ1) is 14.5. The van der Waals surface area contributed by atoms with Crippen LogP contribution in [0.3, 0.4) is 0 Å². The third-order valence-corrected chi connectivity index (χ3v) is 3.88. The third-order valence-electron chi connectivity index (χ3n) is 3.88. The summed E-state index contributed by atoms with van der Waals surface area (Å²) < 4.78 is 17.0. The van der Waals surface area contributed by atoms with Crippen LogP contribution in [0.15, 0.2) is 48.5 Å². The number of allylic oxidation sites excluding steroid dienone is 1. The van der Waals surface area contributed by atoms with Crippen LogP contribution in [0.2, 0.25) is 0 Å². The van der Waals surface area contributed by atoms with Gasteiger partial charge in [-0.25, -0.2) is 0 Å². The van der Waals surface area contributed by atoms with Crippen LogP contribution >= 0.6 is 0 Å². The molecule has 0 heterocycles. The minimum Gasteiger partial charge on any atom is -0.493 e. The lowest BCUT2D eigenvalue weighted by Crippen LogP contribution is -2.06. The number of hydrogen-bond acceptors (Lipinski definition) is 3. The summed E-state index contributed by atoms with van der Waals surface area (Å²) in [5.41, 5.74) is 3.42. The van der Waals surface area contributed by atoms with Gasteiger partial charge in [-0.15, -0.1) is 0 Å². The second-order valence-corrected chi connectivity index (χ2v) is 5.21. The number of hydrogen-bond donors (Lipinski definition) is 0. The Balaban J connectivity index is 1.85. The summed E-state index contributed by atoms with van der Waals surface area (Å²) in [6, 6.07) is 14.2. The topological polar surface area (TPSA) is 27.7 Å². The largest absolute Gasteiger partial charge is 0.493 e. The van der Waals surface area contributed by atoms with E-state index in [2.05, 4.69) is 18.2 Å². The minimum atomic E-state index is 0.570. The van der Waals surface area contributed by atoms with Crippen molar-refractivity contribution in [3.63, 3.8) is 0 Å². The Labute approximate surface area is 131 Å². The smallest absolute Gasteiger partial charge is 0.164 e. The number of methoxy groups -OCH3 is 2. The van der Waals surface area contributed by atoms with Crippen molar-refractivity contribution in [1.82, 2.24) is 0 Å². The fourth-order valence-corrected chi connectivity index (χ4v) is 2.80. The van der Waals surface area contributed by atoms with Gasteiger partial charge in [0.05, 0.1) is 14.2 Å². The minimum absolute atomic E-state index is 0.570. The van der Waals surface area contributed by atoms with Gasteiger partial charge in [-0.1, -0.05) is 30.3 Å². The van der Waals surface area contributed by atoms with Crippen LogP contribution in [0.5, 0.6) is 11.5 Å². The Morgan fingerprint density at radius 3 is 2.50 bits per heavy atom.